The molecule has 434 valence electrons. The normalized spacial score (nSPS) is 20.1. The number of likely N-dealkylation sites (tertiary alicyclic amines) is 1. The highest BCUT2D eigenvalue weighted by atomic mass is 32.1. The summed E-state index contributed by atoms with van der Waals surface area (Å²) in [6.07, 6.45) is 8.80. The zero-order chi connectivity index (χ0) is 57.2. The molecule has 4 fully saturated rings. The molecule has 18 nitrogen and oxygen atoms in total. The lowest BCUT2D eigenvalue weighted by atomic mass is 9.85. The van der Waals surface area contributed by atoms with Gasteiger partial charge in [-0.1, -0.05) is 95.3 Å². The van der Waals surface area contributed by atoms with E-state index >= 15 is 0 Å². The van der Waals surface area contributed by atoms with Gasteiger partial charge in [-0.2, -0.15) is 0 Å². The molecule has 4 aliphatic heterocycles. The Morgan fingerprint density at radius 2 is 1.52 bits per heavy atom. The van der Waals surface area contributed by atoms with Gasteiger partial charge in [0.2, 0.25) is 23.6 Å². The number of hydrogen-bond acceptors (Lipinski definition) is 15. The highest BCUT2D eigenvalue weighted by Gasteiger charge is 2.45. The highest BCUT2D eigenvalue weighted by Crippen LogP contribution is 2.40. The number of aliphatic hydroxyl groups excluding tert-OH is 1. The lowest BCUT2D eigenvalue weighted by molar-refractivity contribution is -0.144. The summed E-state index contributed by atoms with van der Waals surface area (Å²) >= 11 is 1.58. The number of thiazole rings is 1. The molecule has 3 aromatic carbocycles. The molecule has 19 heteroatoms. The van der Waals surface area contributed by atoms with Crippen LogP contribution in [0.3, 0.4) is 0 Å². The van der Waals surface area contributed by atoms with Gasteiger partial charge in [-0.25, -0.2) is 4.98 Å². The third-order valence-corrected chi connectivity index (χ3v) is 17.7. The number of nitrogens with two attached hydrogens (primary N) is 1. The van der Waals surface area contributed by atoms with Crippen molar-refractivity contribution in [2.24, 2.45) is 5.41 Å². The van der Waals surface area contributed by atoms with E-state index in [0.717, 1.165) is 136 Å². The summed E-state index contributed by atoms with van der Waals surface area (Å²) in [6.45, 7) is 15.7. The summed E-state index contributed by atoms with van der Waals surface area (Å²) in [5.74, 6) is 0.724. The number of phenols is 1. The molecule has 2 bridgehead atoms. The van der Waals surface area contributed by atoms with Crippen molar-refractivity contribution in [1.29, 1.82) is 0 Å². The van der Waals surface area contributed by atoms with E-state index < -0.39 is 23.6 Å². The first-order valence-electron chi connectivity index (χ1n) is 29.3. The van der Waals surface area contributed by atoms with Gasteiger partial charge in [0, 0.05) is 101 Å². The first-order valence-corrected chi connectivity index (χ1v) is 30.1. The number of carbonyl (C=O) groups is 4. The van der Waals surface area contributed by atoms with E-state index in [1.54, 1.807) is 23.5 Å². The number of nitrogens with one attached hydrogen (secondary N) is 2. The van der Waals surface area contributed by atoms with Crippen LogP contribution in [0, 0.1) is 12.3 Å². The second-order valence-corrected chi connectivity index (χ2v) is 24.5. The number of aliphatic hydroxyl groups is 1. The molecule has 4 saturated heterocycles. The lowest BCUT2D eigenvalue weighted by Crippen LogP contribution is -2.57. The Morgan fingerprint density at radius 1 is 0.827 bits per heavy atom. The quantitative estimate of drug-likeness (QED) is 0.0390. The van der Waals surface area contributed by atoms with E-state index in [9.17, 15) is 29.4 Å². The number of fused-ring (bicyclic) bond motifs is 2. The fourth-order valence-electron chi connectivity index (χ4n) is 12.1. The predicted molar refractivity (Wildman–Crippen MR) is 318 cm³/mol. The predicted octanol–water partition coefficient (Wildman–Crippen LogP) is 8.12. The molecular formula is C62H83N11O7S. The number of amides is 4. The minimum Gasteiger partial charge on any atom is -0.507 e. The molecule has 5 aromatic rings. The van der Waals surface area contributed by atoms with Crippen molar-refractivity contribution < 1.29 is 34.1 Å². The third-order valence-electron chi connectivity index (χ3n) is 16.7. The number of hydrogen-bond donors (Lipinski definition) is 5. The molecule has 0 saturated carbocycles. The van der Waals surface area contributed by atoms with E-state index in [0.29, 0.717) is 55.0 Å². The average molecular weight is 1130 g/mol. The second kappa shape index (κ2) is 26.8. The Balaban J connectivity index is 0.622. The summed E-state index contributed by atoms with van der Waals surface area (Å²) in [6, 6.07) is 24.1. The van der Waals surface area contributed by atoms with Crippen LogP contribution in [0.15, 0.2) is 84.4 Å². The Morgan fingerprint density at radius 3 is 2.20 bits per heavy atom. The summed E-state index contributed by atoms with van der Waals surface area (Å²) in [7, 11) is 0. The van der Waals surface area contributed by atoms with Crippen molar-refractivity contribution in [2.45, 2.75) is 148 Å². The molecule has 2 aromatic heterocycles. The summed E-state index contributed by atoms with van der Waals surface area (Å²) < 4.78 is 6.32. The molecule has 9 rings (SSSR count). The number of anilines is 3. The van der Waals surface area contributed by atoms with Crippen molar-refractivity contribution in [3.63, 3.8) is 0 Å². The molecule has 0 aliphatic carbocycles. The molecule has 6 atom stereocenters. The number of piperazine rings is 2. The number of para-hydroxylation sites is 1. The summed E-state index contributed by atoms with van der Waals surface area (Å²) in [5, 5.41) is 35.7. The van der Waals surface area contributed by atoms with Gasteiger partial charge in [0.1, 0.15) is 30.2 Å². The second-order valence-electron chi connectivity index (χ2n) is 23.6. The summed E-state index contributed by atoms with van der Waals surface area (Å²) in [5.41, 5.74) is 13.8. The topological polar surface area (TPSA) is 223 Å². The number of aryl methyl sites for hydroxylation is 1. The minimum absolute atomic E-state index is 0.0241. The molecule has 0 spiro atoms. The number of phenolic OH excluding ortho intramolecular Hbond substituents is 1. The monoisotopic (exact) mass is 1130 g/mol. The number of nitrogens with zero attached hydrogens (tertiary/aromatic N) is 8. The Hall–Kier alpha value is -6.83. The molecule has 4 amide bonds. The van der Waals surface area contributed by atoms with E-state index in [1.165, 1.54) is 4.90 Å². The number of unbranched alkanes of at least 4 members (excludes halogenated alkanes) is 6. The van der Waals surface area contributed by atoms with Crippen LogP contribution in [0.4, 0.5) is 17.2 Å². The van der Waals surface area contributed by atoms with Crippen molar-refractivity contribution >= 4 is 52.2 Å². The van der Waals surface area contributed by atoms with Crippen LogP contribution in [0.2, 0.25) is 0 Å². The van der Waals surface area contributed by atoms with Gasteiger partial charge in [0.25, 0.3) is 0 Å². The van der Waals surface area contributed by atoms with E-state index in [4.69, 9.17) is 10.5 Å². The minimum atomic E-state index is -0.864. The Labute approximate surface area is 481 Å². The third kappa shape index (κ3) is 14.8. The van der Waals surface area contributed by atoms with Gasteiger partial charge in [-0.3, -0.25) is 24.1 Å². The van der Waals surface area contributed by atoms with Crippen LogP contribution in [0.5, 0.6) is 11.5 Å². The van der Waals surface area contributed by atoms with Crippen LogP contribution in [-0.4, -0.2) is 153 Å². The SMILES string of the molecule is Cc1ncsc1-c1ccc([C@H](C)NC(=O)[C@@H]2C[C@@H](O)CN2C(=O)[C@@H](NC(=O)CCCCCCCCCC(=O)N2CCN(CCOc3cccc(N4C5CCC4CN(c4cc(-c6ccccc6O)nnc4N)C5)c3)CC2)C(C)(C)C)cc1. The fraction of sp³-hybridized carbons (Fsp3) is 0.532. The number of β-amino-alcohol motifs (C(OH)–C–C–N with tert-alkyl or cyclic N) is 1. The van der Waals surface area contributed by atoms with Gasteiger partial charge in [0.15, 0.2) is 5.82 Å². The van der Waals surface area contributed by atoms with Gasteiger partial charge < -0.3 is 50.9 Å². The number of benzene rings is 3. The first-order chi connectivity index (χ1) is 39.0. The standard InChI is InChI=1S/C62H83N11O7S/c1-41(43-22-24-44(25-23-43)57-42(2)64-40-81-57)65-60(78)53-35-48(74)39-72(53)61(79)58(62(3,4)5)66-55(76)20-11-9-7-6-8-10-12-21-56(77)70-30-28-69(29-31-70)32-33-80-49-17-15-16-45(34-49)73-46-26-27-47(73)38-71(37-46)52-36-51(67-68-59(52)63)50-18-13-14-19-54(50)75/h13-19,22-25,34,36,40-41,46-48,53,58,74-75H,6-12,20-21,26-33,35,37-39H2,1-5H3,(H2,63,68)(H,65,78)(H,66,76)/t41-,46?,47?,48+,53-,58+/m0/s1. The van der Waals surface area contributed by atoms with Crippen molar-refractivity contribution in [1.82, 2.24) is 40.5 Å². The van der Waals surface area contributed by atoms with Gasteiger partial charge in [-0.05, 0) is 86.4 Å². The molecule has 6 heterocycles. The maximum Gasteiger partial charge on any atom is 0.246 e. The smallest absolute Gasteiger partial charge is 0.246 e. The maximum atomic E-state index is 14.1. The molecule has 81 heavy (non-hydrogen) atoms. The zero-order valence-electron chi connectivity index (χ0n) is 47.9. The number of carbonyl (C=O) groups excluding carboxylic acids is 4. The highest BCUT2D eigenvalue weighted by molar-refractivity contribution is 7.13. The van der Waals surface area contributed by atoms with Gasteiger partial charge in [0.05, 0.1) is 39.6 Å². The molecule has 4 aliphatic rings. The Bertz CT molecular complexity index is 2930. The summed E-state index contributed by atoms with van der Waals surface area (Å²) in [4.78, 5) is 70.4. The molecule has 6 N–H and O–H groups in total. The van der Waals surface area contributed by atoms with Crippen LogP contribution in [0.25, 0.3) is 21.7 Å². The van der Waals surface area contributed by atoms with Gasteiger partial charge >= 0.3 is 0 Å². The van der Waals surface area contributed by atoms with Crippen LogP contribution < -0.4 is 30.9 Å². The van der Waals surface area contributed by atoms with Crippen molar-refractivity contribution in [3.8, 4) is 33.2 Å². The number of aromatic hydroxyl groups is 1. The number of nitrogen functional groups attached to an aromatic ring is 1. The zero-order valence-corrected chi connectivity index (χ0v) is 48.7. The number of ether oxygens (including phenoxy) is 1. The van der Waals surface area contributed by atoms with E-state index in [-0.39, 0.29) is 48.4 Å². The first kappa shape index (κ1) is 58.8. The number of rotatable bonds is 23. The fourth-order valence-corrected chi connectivity index (χ4v) is 12.9. The van der Waals surface area contributed by atoms with Gasteiger partial charge in [-0.15, -0.1) is 21.5 Å². The number of aromatic nitrogens is 3. The lowest BCUT2D eigenvalue weighted by Gasteiger charge is -2.43. The van der Waals surface area contributed by atoms with Crippen molar-refractivity contribution in [3.05, 3.63) is 95.6 Å². The molecular weight excluding hydrogens is 1040 g/mol. The van der Waals surface area contributed by atoms with Crippen LogP contribution in [-0.2, 0) is 19.2 Å². The maximum absolute atomic E-state index is 14.1. The van der Waals surface area contributed by atoms with Crippen LogP contribution >= 0.6 is 11.3 Å². The Kier molecular flexibility index (Phi) is 19.5. The molecule has 0 radical (unpaired) electrons. The largest absolute Gasteiger partial charge is 0.507 e. The average Bonchev–Trinajstić information content (AvgIpc) is 4.17. The molecule has 2 unspecified atom stereocenters. The van der Waals surface area contributed by atoms with E-state index in [2.05, 4.69) is 58.7 Å². The van der Waals surface area contributed by atoms with E-state index in [1.807, 2.05) is 93.6 Å². The van der Waals surface area contributed by atoms with Crippen LogP contribution in [0.1, 0.15) is 122 Å². The van der Waals surface area contributed by atoms with Crippen molar-refractivity contribution in [2.75, 3.05) is 74.5 Å².